The lowest BCUT2D eigenvalue weighted by molar-refractivity contribution is -0.139. The molecular weight excluding hydrogens is 537 g/mol. The molecule has 13 heteroatoms. The molecule has 1 aromatic carbocycles. The number of rotatable bonds is 24. The van der Waals surface area contributed by atoms with Crippen LogP contribution in [0.25, 0.3) is 0 Å². The van der Waals surface area contributed by atoms with Crippen LogP contribution >= 0.6 is 0 Å². The molecule has 0 saturated carbocycles. The minimum absolute atomic E-state index is 0.0389. The second-order valence-electron chi connectivity index (χ2n) is 10.4. The Kier molecular flexibility index (Phi) is 19.6. The number of amides is 2. The third-order valence-corrected chi connectivity index (χ3v) is 6.95. The molecule has 41 heavy (non-hydrogen) atoms. The van der Waals surface area contributed by atoms with Gasteiger partial charge in [0.1, 0.15) is 23.2 Å². The lowest BCUT2D eigenvalue weighted by Crippen LogP contribution is -2.41. The van der Waals surface area contributed by atoms with Crippen molar-refractivity contribution in [1.82, 2.24) is 16.1 Å². The quantitative estimate of drug-likeness (QED) is 0.0420. The Bertz CT molecular complexity index is 903. The van der Waals surface area contributed by atoms with Crippen molar-refractivity contribution in [1.29, 1.82) is 0 Å². The van der Waals surface area contributed by atoms with Crippen LogP contribution < -0.4 is 27.4 Å². The molecule has 2 amide bonds. The summed E-state index contributed by atoms with van der Waals surface area (Å²) in [5.74, 6) is 1.13. The van der Waals surface area contributed by atoms with Gasteiger partial charge in [0.05, 0.1) is 0 Å². The molecule has 0 radical (unpaired) electrons. The number of carboxylic acids is 1. The van der Waals surface area contributed by atoms with Crippen molar-refractivity contribution in [2.75, 3.05) is 13.1 Å². The largest absolute Gasteiger partial charge is 0.488 e. The van der Waals surface area contributed by atoms with Gasteiger partial charge < -0.3 is 25.8 Å². The summed E-state index contributed by atoms with van der Waals surface area (Å²) >= 11 is 0. The highest BCUT2D eigenvalue weighted by Crippen LogP contribution is 2.14. The summed E-state index contributed by atoms with van der Waals surface area (Å²) in [6.45, 7) is 0.856. The molecule has 0 unspecified atom stereocenters. The average molecular weight is 585 g/mol. The Morgan fingerprint density at radius 1 is 0.756 bits per heavy atom. The van der Waals surface area contributed by atoms with Crippen molar-refractivity contribution in [2.24, 2.45) is 5.84 Å². The standard InChI is InChI=1S/C28H47BF2N4O6/c30-22-19-21(29(40)41)20-23(31)26(22)27(37)34-18-13-10-8-6-4-2-1-3-5-7-9-11-16-25(36)33-17-14-12-15-24(35-32)28(38)39/h19-20,24,35,40-41H,1-18,32H2,(H,33,36)(H,34,37)(H,38,39)/t24-/m0/s1. The Hall–Kier alpha value is -2.61. The third-order valence-electron chi connectivity index (χ3n) is 6.95. The molecule has 0 aliphatic heterocycles. The van der Waals surface area contributed by atoms with Gasteiger partial charge in [-0.1, -0.05) is 64.2 Å². The zero-order valence-corrected chi connectivity index (χ0v) is 23.9. The fraction of sp³-hybridized carbons (Fsp3) is 0.679. The smallest absolute Gasteiger partial charge is 0.480 e. The van der Waals surface area contributed by atoms with Crippen LogP contribution in [0.5, 0.6) is 0 Å². The molecule has 1 aromatic rings. The molecule has 0 aromatic heterocycles. The topological polar surface area (TPSA) is 174 Å². The lowest BCUT2D eigenvalue weighted by Gasteiger charge is -2.10. The Morgan fingerprint density at radius 3 is 1.71 bits per heavy atom. The van der Waals surface area contributed by atoms with Crippen molar-refractivity contribution >= 4 is 30.4 Å². The normalized spacial score (nSPS) is 11.7. The number of hydrazine groups is 1. The van der Waals surface area contributed by atoms with Gasteiger partial charge in [0.25, 0.3) is 5.91 Å². The molecule has 0 heterocycles. The van der Waals surface area contributed by atoms with Crippen LogP contribution in [0.1, 0.15) is 113 Å². The fourth-order valence-electron chi connectivity index (χ4n) is 4.50. The predicted molar refractivity (Wildman–Crippen MR) is 154 cm³/mol. The van der Waals surface area contributed by atoms with Crippen LogP contribution in [0.4, 0.5) is 8.78 Å². The van der Waals surface area contributed by atoms with E-state index in [0.29, 0.717) is 38.8 Å². The highest BCUT2D eigenvalue weighted by molar-refractivity contribution is 6.58. The molecule has 0 spiro atoms. The summed E-state index contributed by atoms with van der Waals surface area (Å²) in [5, 5.41) is 32.3. The van der Waals surface area contributed by atoms with E-state index in [2.05, 4.69) is 16.1 Å². The highest BCUT2D eigenvalue weighted by Gasteiger charge is 2.22. The molecule has 0 bridgehead atoms. The Balaban J connectivity index is 1.91. The molecule has 0 fully saturated rings. The number of carboxylic acid groups (broad SMARTS) is 1. The third kappa shape index (κ3) is 16.4. The van der Waals surface area contributed by atoms with E-state index in [1.54, 1.807) is 0 Å². The summed E-state index contributed by atoms with van der Waals surface area (Å²) in [4.78, 5) is 34.8. The molecule has 0 aliphatic rings. The van der Waals surface area contributed by atoms with E-state index in [0.717, 1.165) is 69.9 Å². The summed E-state index contributed by atoms with van der Waals surface area (Å²) in [6.07, 6.45) is 14.9. The van der Waals surface area contributed by atoms with E-state index < -0.39 is 42.2 Å². The van der Waals surface area contributed by atoms with Crippen LogP contribution in [-0.4, -0.2) is 59.2 Å². The molecule has 0 saturated heterocycles. The van der Waals surface area contributed by atoms with E-state index in [4.69, 9.17) is 21.0 Å². The van der Waals surface area contributed by atoms with Crippen molar-refractivity contribution in [2.45, 2.75) is 109 Å². The van der Waals surface area contributed by atoms with E-state index in [1.165, 1.54) is 19.3 Å². The summed E-state index contributed by atoms with van der Waals surface area (Å²) in [7, 11) is -2.01. The summed E-state index contributed by atoms with van der Waals surface area (Å²) < 4.78 is 28.0. The Morgan fingerprint density at radius 2 is 1.22 bits per heavy atom. The van der Waals surface area contributed by atoms with Crippen LogP contribution in [0, 0.1) is 11.6 Å². The number of hydrogen-bond acceptors (Lipinski definition) is 7. The van der Waals surface area contributed by atoms with E-state index in [9.17, 15) is 23.2 Å². The molecular formula is C28H47BF2N4O6. The number of carbonyl (C=O) groups is 3. The first-order valence-electron chi connectivity index (χ1n) is 14.8. The van der Waals surface area contributed by atoms with Crippen molar-refractivity contribution < 1.29 is 38.3 Å². The van der Waals surface area contributed by atoms with Gasteiger partial charge in [-0.15, -0.1) is 0 Å². The van der Waals surface area contributed by atoms with Gasteiger partial charge in [-0.05, 0) is 49.7 Å². The average Bonchev–Trinajstić information content (AvgIpc) is 2.92. The first-order valence-corrected chi connectivity index (χ1v) is 14.8. The van der Waals surface area contributed by atoms with Crippen LogP contribution in [0.15, 0.2) is 12.1 Å². The summed E-state index contributed by atoms with van der Waals surface area (Å²) in [6, 6.07) is 0.720. The number of unbranched alkanes of at least 4 members (excludes halogenated alkanes) is 12. The van der Waals surface area contributed by atoms with Gasteiger partial charge >= 0.3 is 13.1 Å². The minimum Gasteiger partial charge on any atom is -0.480 e. The molecule has 1 atom stereocenters. The second-order valence-corrected chi connectivity index (χ2v) is 10.4. The van der Waals surface area contributed by atoms with Crippen LogP contribution in [0.3, 0.4) is 0 Å². The number of halogens is 2. The SMILES string of the molecule is NN[C@@H](CCCCNC(=O)CCCCCCCCCCCCCCNC(=O)c1c(F)cc(B(O)O)cc1F)C(=O)O. The van der Waals surface area contributed by atoms with Gasteiger partial charge in [-0.25, -0.2) is 14.2 Å². The van der Waals surface area contributed by atoms with Gasteiger partial charge in [-0.3, -0.25) is 20.2 Å². The predicted octanol–water partition coefficient (Wildman–Crippen LogP) is 2.65. The number of hydrogen-bond donors (Lipinski definition) is 7. The number of benzene rings is 1. The van der Waals surface area contributed by atoms with E-state index >= 15 is 0 Å². The molecule has 1 rings (SSSR count). The minimum atomic E-state index is -2.01. The van der Waals surface area contributed by atoms with Gasteiger partial charge in [0.15, 0.2) is 0 Å². The van der Waals surface area contributed by atoms with Crippen molar-refractivity contribution in [3.63, 3.8) is 0 Å². The summed E-state index contributed by atoms with van der Waals surface area (Å²) in [5.41, 5.74) is 1.18. The Labute approximate surface area is 242 Å². The number of carbonyl (C=O) groups excluding carboxylic acids is 2. The van der Waals surface area contributed by atoms with Gasteiger partial charge in [-0.2, -0.15) is 0 Å². The van der Waals surface area contributed by atoms with Crippen LogP contribution in [0.2, 0.25) is 0 Å². The van der Waals surface area contributed by atoms with Gasteiger partial charge in [0, 0.05) is 19.5 Å². The zero-order valence-electron chi connectivity index (χ0n) is 23.9. The first-order chi connectivity index (χ1) is 19.7. The number of nitrogens with two attached hydrogens (primary N) is 1. The first kappa shape index (κ1) is 36.4. The second kappa shape index (κ2) is 22.1. The van der Waals surface area contributed by atoms with E-state index in [1.807, 2.05) is 0 Å². The number of aliphatic carboxylic acids is 1. The van der Waals surface area contributed by atoms with Crippen molar-refractivity contribution in [3.05, 3.63) is 29.3 Å². The fourth-order valence-corrected chi connectivity index (χ4v) is 4.50. The molecule has 8 N–H and O–H groups in total. The molecule has 232 valence electrons. The zero-order chi connectivity index (χ0) is 30.5. The van der Waals surface area contributed by atoms with Gasteiger partial charge in [0.2, 0.25) is 5.91 Å². The number of nitrogens with one attached hydrogen (secondary N) is 3. The van der Waals surface area contributed by atoms with Crippen molar-refractivity contribution in [3.8, 4) is 0 Å². The maximum Gasteiger partial charge on any atom is 0.488 e. The highest BCUT2D eigenvalue weighted by atomic mass is 19.1. The monoisotopic (exact) mass is 584 g/mol. The lowest BCUT2D eigenvalue weighted by atomic mass is 9.79. The maximum atomic E-state index is 14.0. The molecule has 0 aliphatic carbocycles. The van der Waals surface area contributed by atoms with Crippen LogP contribution in [-0.2, 0) is 9.59 Å². The van der Waals surface area contributed by atoms with E-state index in [-0.39, 0.29) is 11.4 Å². The maximum absolute atomic E-state index is 14.0. The molecule has 10 nitrogen and oxygen atoms in total.